The highest BCUT2D eigenvalue weighted by molar-refractivity contribution is 5.45. The van der Waals surface area contributed by atoms with Crippen molar-refractivity contribution in [2.45, 2.75) is 51.0 Å². The van der Waals surface area contributed by atoms with Gasteiger partial charge in [-0.25, -0.2) is 0 Å². The quantitative estimate of drug-likeness (QED) is 0.696. The molecule has 2 nitrogen and oxygen atoms in total. The Morgan fingerprint density at radius 3 is 2.58 bits per heavy atom. The van der Waals surface area contributed by atoms with Crippen LogP contribution in [0, 0.1) is 17.8 Å². The molecule has 2 heteroatoms. The maximum Gasteiger partial charge on any atom is 0.0957 e. The summed E-state index contributed by atoms with van der Waals surface area (Å²) in [5.41, 5.74) is 4.40. The van der Waals surface area contributed by atoms with Crippen molar-refractivity contribution in [1.82, 2.24) is 0 Å². The fraction of sp³-hybridized carbons (Fsp3) is 0.647. The second kappa shape index (κ2) is 4.24. The van der Waals surface area contributed by atoms with E-state index in [0.29, 0.717) is 23.5 Å². The minimum Gasteiger partial charge on any atom is -0.512 e. The lowest BCUT2D eigenvalue weighted by molar-refractivity contribution is 0.112. The molecule has 0 heterocycles. The molecule has 0 amide bonds. The summed E-state index contributed by atoms with van der Waals surface area (Å²) < 4.78 is 0. The van der Waals surface area contributed by atoms with Crippen LogP contribution in [0.2, 0.25) is 0 Å². The Balaban J connectivity index is 1.74. The second-order valence-electron chi connectivity index (χ2n) is 6.67. The van der Waals surface area contributed by atoms with Crippen molar-refractivity contribution in [3.05, 3.63) is 34.6 Å². The Hall–Kier alpha value is -1.02. The van der Waals surface area contributed by atoms with Crippen LogP contribution in [0.25, 0.3) is 0 Å². The van der Waals surface area contributed by atoms with Gasteiger partial charge in [0.1, 0.15) is 0 Å². The smallest absolute Gasteiger partial charge is 0.0957 e. The maximum atomic E-state index is 9.96. The topological polar surface area (TPSA) is 40.5 Å². The summed E-state index contributed by atoms with van der Waals surface area (Å²) in [6.07, 6.45) is 11.8. The number of fused-ring (bicyclic) bond motifs is 4. The number of hydrogen-bond acceptors (Lipinski definition) is 2. The molecule has 2 N–H and O–H groups in total. The molecule has 4 aliphatic rings. The first kappa shape index (κ1) is 11.8. The lowest BCUT2D eigenvalue weighted by Gasteiger charge is -2.41. The monoisotopic (exact) mass is 258 g/mol. The maximum absolute atomic E-state index is 9.96. The van der Waals surface area contributed by atoms with E-state index in [2.05, 4.69) is 12.2 Å². The van der Waals surface area contributed by atoms with Crippen LogP contribution in [0.3, 0.4) is 0 Å². The fourth-order valence-electron chi connectivity index (χ4n) is 4.83. The molecule has 0 spiro atoms. The molecule has 4 aliphatic carbocycles. The van der Waals surface area contributed by atoms with E-state index < -0.39 is 0 Å². The van der Waals surface area contributed by atoms with Gasteiger partial charge in [-0.05, 0) is 67.4 Å². The molecule has 19 heavy (non-hydrogen) atoms. The Kier molecular flexibility index (Phi) is 2.63. The molecule has 0 bridgehead atoms. The molecule has 4 unspecified atom stereocenters. The van der Waals surface area contributed by atoms with E-state index >= 15 is 0 Å². The highest BCUT2D eigenvalue weighted by Gasteiger charge is 2.40. The molecular formula is C17H22O2. The van der Waals surface area contributed by atoms with Gasteiger partial charge in [-0.2, -0.15) is 0 Å². The van der Waals surface area contributed by atoms with Crippen LogP contribution in [0.1, 0.15) is 44.9 Å². The van der Waals surface area contributed by atoms with Crippen molar-refractivity contribution in [3.8, 4) is 0 Å². The first-order valence-corrected chi connectivity index (χ1v) is 7.75. The van der Waals surface area contributed by atoms with Gasteiger partial charge in [0.05, 0.1) is 11.9 Å². The fourth-order valence-corrected chi connectivity index (χ4v) is 4.83. The van der Waals surface area contributed by atoms with Crippen LogP contribution in [0.4, 0.5) is 0 Å². The molecule has 1 saturated carbocycles. The van der Waals surface area contributed by atoms with Crippen molar-refractivity contribution in [1.29, 1.82) is 0 Å². The minimum absolute atomic E-state index is 0.0792. The van der Waals surface area contributed by atoms with Gasteiger partial charge in [-0.15, -0.1) is 0 Å². The van der Waals surface area contributed by atoms with E-state index in [1.54, 1.807) is 11.1 Å². The summed E-state index contributed by atoms with van der Waals surface area (Å²) in [5, 5.41) is 19.8. The van der Waals surface area contributed by atoms with Crippen LogP contribution in [0.15, 0.2) is 34.6 Å². The van der Waals surface area contributed by atoms with Crippen molar-refractivity contribution >= 4 is 0 Å². The number of rotatable bonds is 0. The molecule has 0 aromatic carbocycles. The van der Waals surface area contributed by atoms with E-state index in [0.717, 1.165) is 32.1 Å². The Morgan fingerprint density at radius 2 is 1.68 bits per heavy atom. The Labute approximate surface area is 114 Å². The van der Waals surface area contributed by atoms with Gasteiger partial charge in [0, 0.05) is 6.42 Å². The molecule has 1 fully saturated rings. The van der Waals surface area contributed by atoms with E-state index in [-0.39, 0.29) is 6.10 Å². The summed E-state index contributed by atoms with van der Waals surface area (Å²) in [5.74, 6) is 2.47. The molecule has 0 aliphatic heterocycles. The van der Waals surface area contributed by atoms with Crippen molar-refractivity contribution < 1.29 is 10.2 Å². The van der Waals surface area contributed by atoms with Gasteiger partial charge < -0.3 is 10.2 Å². The zero-order chi connectivity index (χ0) is 13.0. The van der Waals surface area contributed by atoms with E-state index in [1.165, 1.54) is 18.4 Å². The van der Waals surface area contributed by atoms with E-state index in [1.807, 2.05) is 0 Å². The summed E-state index contributed by atoms with van der Waals surface area (Å²) in [6.45, 7) is 0. The van der Waals surface area contributed by atoms with Crippen LogP contribution < -0.4 is 0 Å². The number of aliphatic hydroxyl groups excluding tert-OH is 2. The standard InChI is InChI=1S/C17H22O2/c18-11-2-4-12-10(9-11)1-3-14-13(12)5-6-16-15(14)7-8-17(16)19/h5-6,10-11,14-15,18-19H,1-4,7-9H2. The molecule has 0 radical (unpaired) electrons. The summed E-state index contributed by atoms with van der Waals surface area (Å²) in [7, 11) is 0. The van der Waals surface area contributed by atoms with Crippen LogP contribution in [0.5, 0.6) is 0 Å². The first-order chi connectivity index (χ1) is 9.24. The SMILES string of the molecule is OC1=C2C=CC3=C4CCC(O)CC4CCC3C2CC1. The molecule has 102 valence electrons. The van der Waals surface area contributed by atoms with Gasteiger partial charge in [-0.3, -0.25) is 0 Å². The van der Waals surface area contributed by atoms with Gasteiger partial charge in [0.15, 0.2) is 0 Å². The summed E-state index contributed by atoms with van der Waals surface area (Å²) in [4.78, 5) is 0. The molecule has 0 aromatic heterocycles. The largest absolute Gasteiger partial charge is 0.512 e. The molecular weight excluding hydrogens is 236 g/mol. The van der Waals surface area contributed by atoms with Gasteiger partial charge >= 0.3 is 0 Å². The third kappa shape index (κ3) is 1.73. The normalized spacial score (nSPS) is 41.1. The third-order valence-electron chi connectivity index (χ3n) is 5.75. The summed E-state index contributed by atoms with van der Waals surface area (Å²) in [6, 6.07) is 0. The highest BCUT2D eigenvalue weighted by Crippen LogP contribution is 2.52. The predicted octanol–water partition coefficient (Wildman–Crippen LogP) is 3.65. The number of aliphatic hydroxyl groups is 2. The Morgan fingerprint density at radius 1 is 0.895 bits per heavy atom. The predicted molar refractivity (Wildman–Crippen MR) is 74.6 cm³/mol. The van der Waals surface area contributed by atoms with Crippen molar-refractivity contribution in [3.63, 3.8) is 0 Å². The second-order valence-corrected chi connectivity index (χ2v) is 6.67. The highest BCUT2D eigenvalue weighted by atomic mass is 16.3. The first-order valence-electron chi connectivity index (χ1n) is 7.75. The van der Waals surface area contributed by atoms with Gasteiger partial charge in [0.2, 0.25) is 0 Å². The molecule has 4 rings (SSSR count). The van der Waals surface area contributed by atoms with Gasteiger partial charge in [0.25, 0.3) is 0 Å². The van der Waals surface area contributed by atoms with Crippen molar-refractivity contribution in [2.75, 3.05) is 0 Å². The third-order valence-corrected chi connectivity index (χ3v) is 5.75. The number of hydrogen-bond donors (Lipinski definition) is 2. The average molecular weight is 258 g/mol. The molecule has 4 atom stereocenters. The van der Waals surface area contributed by atoms with Crippen LogP contribution in [-0.2, 0) is 0 Å². The lowest BCUT2D eigenvalue weighted by Crippen LogP contribution is -2.31. The van der Waals surface area contributed by atoms with Crippen LogP contribution in [-0.4, -0.2) is 16.3 Å². The zero-order valence-electron chi connectivity index (χ0n) is 11.3. The number of allylic oxidation sites excluding steroid dienone is 6. The summed E-state index contributed by atoms with van der Waals surface area (Å²) >= 11 is 0. The molecule has 0 aromatic rings. The lowest BCUT2D eigenvalue weighted by atomic mass is 9.64. The Bertz CT molecular complexity index is 497. The average Bonchev–Trinajstić information content (AvgIpc) is 2.80. The van der Waals surface area contributed by atoms with E-state index in [4.69, 9.17) is 0 Å². The molecule has 0 saturated heterocycles. The van der Waals surface area contributed by atoms with Crippen molar-refractivity contribution in [2.24, 2.45) is 17.8 Å². The van der Waals surface area contributed by atoms with Gasteiger partial charge in [-0.1, -0.05) is 17.7 Å². The zero-order valence-corrected chi connectivity index (χ0v) is 11.3. The minimum atomic E-state index is -0.0792. The van der Waals surface area contributed by atoms with E-state index in [9.17, 15) is 10.2 Å². The van der Waals surface area contributed by atoms with Crippen LogP contribution >= 0.6 is 0 Å².